The second kappa shape index (κ2) is 5.11. The molecule has 1 rings (SSSR count). The van der Waals surface area contributed by atoms with Crippen LogP contribution in [-0.2, 0) is 10.0 Å². The first kappa shape index (κ1) is 12.0. The zero-order valence-electron chi connectivity index (χ0n) is 8.19. The quantitative estimate of drug-likeness (QED) is 0.711. The highest BCUT2D eigenvalue weighted by Gasteiger charge is 2.22. The van der Waals surface area contributed by atoms with Crippen LogP contribution >= 0.6 is 11.6 Å². The molecule has 0 N–H and O–H groups in total. The van der Waals surface area contributed by atoms with E-state index in [4.69, 9.17) is 11.6 Å². The van der Waals surface area contributed by atoms with Crippen molar-refractivity contribution in [2.75, 3.05) is 39.0 Å². The smallest absolute Gasteiger partial charge is 0.211 e. The average molecular weight is 239 g/mol. The van der Waals surface area contributed by atoms with E-state index in [2.05, 4.69) is 4.90 Å². The van der Waals surface area contributed by atoms with E-state index < -0.39 is 10.0 Å². The topological polar surface area (TPSA) is 40.6 Å². The molecular weight excluding hydrogens is 224 g/mol. The van der Waals surface area contributed by atoms with Crippen LogP contribution in [0.1, 0.15) is 0 Å². The molecule has 0 spiro atoms. The van der Waals surface area contributed by atoms with Crippen LogP contribution in [-0.4, -0.2) is 56.6 Å². The molecule has 82 valence electrons. The third-order valence-corrected chi connectivity index (χ3v) is 3.73. The Balaban J connectivity index is 2.39. The Bertz CT molecular complexity index is 294. The Hall–Kier alpha value is -0.100. The summed E-state index contributed by atoms with van der Waals surface area (Å²) >= 11 is 5.41. The van der Waals surface area contributed by atoms with Crippen molar-refractivity contribution in [3.63, 3.8) is 0 Å². The zero-order valence-corrected chi connectivity index (χ0v) is 9.76. The summed E-state index contributed by atoms with van der Waals surface area (Å²) in [6, 6.07) is 0. The molecule has 0 bridgehead atoms. The molecule has 1 aliphatic heterocycles. The normalized spacial score (nSPS) is 21.9. The van der Waals surface area contributed by atoms with Crippen molar-refractivity contribution >= 4 is 21.6 Å². The molecule has 14 heavy (non-hydrogen) atoms. The number of hydrogen-bond acceptors (Lipinski definition) is 3. The number of piperazine rings is 1. The molecule has 0 aromatic carbocycles. The highest BCUT2D eigenvalue weighted by atomic mass is 35.5. The fourth-order valence-electron chi connectivity index (χ4n) is 1.43. The minimum Gasteiger partial charge on any atom is -0.297 e. The first-order valence-electron chi connectivity index (χ1n) is 4.47. The highest BCUT2D eigenvalue weighted by Crippen LogP contribution is 2.05. The average Bonchev–Trinajstić information content (AvgIpc) is 2.14. The highest BCUT2D eigenvalue weighted by molar-refractivity contribution is 7.88. The van der Waals surface area contributed by atoms with Crippen molar-refractivity contribution in [2.45, 2.75) is 0 Å². The van der Waals surface area contributed by atoms with Crippen LogP contribution in [0.15, 0.2) is 11.6 Å². The van der Waals surface area contributed by atoms with Crippen molar-refractivity contribution in [3.8, 4) is 0 Å². The second-order valence-electron chi connectivity index (χ2n) is 3.32. The maximum atomic E-state index is 11.2. The lowest BCUT2D eigenvalue weighted by Crippen LogP contribution is -2.48. The lowest BCUT2D eigenvalue weighted by Gasteiger charge is -2.32. The van der Waals surface area contributed by atoms with Gasteiger partial charge in [0.25, 0.3) is 0 Å². The van der Waals surface area contributed by atoms with Crippen molar-refractivity contribution in [1.29, 1.82) is 0 Å². The molecule has 0 unspecified atom stereocenters. The first-order chi connectivity index (χ1) is 6.54. The maximum absolute atomic E-state index is 11.2. The summed E-state index contributed by atoms with van der Waals surface area (Å²) in [5, 5.41) is 0. The zero-order chi connectivity index (χ0) is 10.6. The summed E-state index contributed by atoms with van der Waals surface area (Å²) in [5.74, 6) is 0. The Labute approximate surface area is 90.2 Å². The molecule has 0 atom stereocenters. The summed E-state index contributed by atoms with van der Waals surface area (Å²) in [6.07, 6.45) is 3.11. The molecule has 0 saturated carbocycles. The standard InChI is InChI=1S/C8H15ClN2O2S/c1-14(12,13)11-7-5-10(6-8-11)4-2-3-9/h2-3H,4-8H2,1H3/b3-2+. The van der Waals surface area contributed by atoms with Crippen LogP contribution in [0.2, 0.25) is 0 Å². The summed E-state index contributed by atoms with van der Waals surface area (Å²) in [4.78, 5) is 2.17. The Morgan fingerprint density at radius 1 is 1.29 bits per heavy atom. The van der Waals surface area contributed by atoms with Gasteiger partial charge in [-0.2, -0.15) is 4.31 Å². The molecule has 0 aromatic rings. The number of rotatable bonds is 3. The van der Waals surface area contributed by atoms with Crippen molar-refractivity contribution in [1.82, 2.24) is 9.21 Å². The van der Waals surface area contributed by atoms with E-state index in [0.717, 1.165) is 19.6 Å². The maximum Gasteiger partial charge on any atom is 0.211 e. The van der Waals surface area contributed by atoms with Crippen LogP contribution in [0.4, 0.5) is 0 Å². The van der Waals surface area contributed by atoms with E-state index in [-0.39, 0.29) is 0 Å². The van der Waals surface area contributed by atoms with E-state index >= 15 is 0 Å². The van der Waals surface area contributed by atoms with Gasteiger partial charge < -0.3 is 0 Å². The molecular formula is C8H15ClN2O2S. The Morgan fingerprint density at radius 3 is 2.29 bits per heavy atom. The minimum atomic E-state index is -3.01. The van der Waals surface area contributed by atoms with Crippen molar-refractivity contribution < 1.29 is 8.42 Å². The summed E-state index contributed by atoms with van der Waals surface area (Å²) in [6.45, 7) is 3.49. The summed E-state index contributed by atoms with van der Waals surface area (Å²) in [5.41, 5.74) is 1.49. The van der Waals surface area contributed by atoms with Gasteiger partial charge in [0.05, 0.1) is 6.26 Å². The van der Waals surface area contributed by atoms with E-state index in [0.29, 0.717) is 13.1 Å². The molecule has 1 fully saturated rings. The Kier molecular flexibility index (Phi) is 4.37. The molecule has 0 amide bonds. The predicted molar refractivity (Wildman–Crippen MR) is 57.8 cm³/mol. The van der Waals surface area contributed by atoms with Crippen LogP contribution < -0.4 is 0 Å². The number of sulfonamides is 1. The fourth-order valence-corrected chi connectivity index (χ4v) is 2.34. The van der Waals surface area contributed by atoms with Crippen molar-refractivity contribution in [2.24, 2.45) is 0 Å². The molecule has 0 aromatic heterocycles. The largest absolute Gasteiger partial charge is 0.297 e. The van der Waals surface area contributed by atoms with Gasteiger partial charge in [-0.1, -0.05) is 17.7 Å². The van der Waals surface area contributed by atoms with E-state index in [1.165, 1.54) is 16.1 Å². The monoisotopic (exact) mass is 238 g/mol. The number of halogens is 1. The summed E-state index contributed by atoms with van der Waals surface area (Å²) < 4.78 is 23.9. The van der Waals surface area contributed by atoms with Gasteiger partial charge in [0.2, 0.25) is 10.0 Å². The van der Waals surface area contributed by atoms with Gasteiger partial charge in [-0.15, -0.1) is 0 Å². The van der Waals surface area contributed by atoms with Crippen LogP contribution in [0.25, 0.3) is 0 Å². The van der Waals surface area contributed by atoms with Crippen LogP contribution in [0, 0.1) is 0 Å². The predicted octanol–water partition coefficient (Wildman–Crippen LogP) is 0.316. The van der Waals surface area contributed by atoms with Gasteiger partial charge in [0.1, 0.15) is 0 Å². The van der Waals surface area contributed by atoms with E-state index in [1.54, 1.807) is 0 Å². The molecule has 0 aliphatic carbocycles. The van der Waals surface area contributed by atoms with Gasteiger partial charge in [-0.25, -0.2) is 8.42 Å². The van der Waals surface area contributed by atoms with E-state index in [1.807, 2.05) is 6.08 Å². The minimum absolute atomic E-state index is 0.578. The van der Waals surface area contributed by atoms with Gasteiger partial charge in [0, 0.05) is 38.3 Å². The molecule has 0 radical (unpaired) electrons. The molecule has 4 nitrogen and oxygen atoms in total. The molecule has 6 heteroatoms. The third kappa shape index (κ3) is 3.57. The lowest BCUT2D eigenvalue weighted by atomic mass is 10.3. The van der Waals surface area contributed by atoms with E-state index in [9.17, 15) is 8.42 Å². The molecule has 1 saturated heterocycles. The third-order valence-electron chi connectivity index (χ3n) is 2.25. The molecule has 1 heterocycles. The second-order valence-corrected chi connectivity index (χ2v) is 5.56. The number of hydrogen-bond donors (Lipinski definition) is 0. The lowest BCUT2D eigenvalue weighted by molar-refractivity contribution is 0.205. The van der Waals surface area contributed by atoms with Crippen molar-refractivity contribution in [3.05, 3.63) is 11.6 Å². The van der Waals surface area contributed by atoms with Gasteiger partial charge in [-0.3, -0.25) is 4.90 Å². The molecule has 1 aliphatic rings. The van der Waals surface area contributed by atoms with Crippen LogP contribution in [0.3, 0.4) is 0 Å². The van der Waals surface area contributed by atoms with Crippen LogP contribution in [0.5, 0.6) is 0 Å². The Morgan fingerprint density at radius 2 is 1.86 bits per heavy atom. The van der Waals surface area contributed by atoms with Gasteiger partial charge in [-0.05, 0) is 0 Å². The summed E-state index contributed by atoms with van der Waals surface area (Å²) in [7, 11) is -3.01. The van der Waals surface area contributed by atoms with Gasteiger partial charge in [0.15, 0.2) is 0 Å². The number of nitrogens with zero attached hydrogens (tertiary/aromatic N) is 2. The van der Waals surface area contributed by atoms with Gasteiger partial charge >= 0.3 is 0 Å². The fraction of sp³-hybridized carbons (Fsp3) is 0.750. The first-order valence-corrected chi connectivity index (χ1v) is 6.75. The SMILES string of the molecule is CS(=O)(=O)N1CCN(C/C=C/Cl)CC1.